The van der Waals surface area contributed by atoms with Gasteiger partial charge in [-0.2, -0.15) is 0 Å². The average molecular weight is 414 g/mol. The standard InChI is InChI=1S/C23H27N3O2.ClH/c1-4-7-19-21(15(3)27)14(2)25-22(19)23(28)26-20(13-24)18-11-10-16-8-5-6-9-17(16)12-18;/h5-6,8-12,20,25H,4,7,13,24H2,1-3H3,(H,26,28);1H. The van der Waals surface area contributed by atoms with E-state index < -0.39 is 0 Å². The van der Waals surface area contributed by atoms with Gasteiger partial charge in [-0.3, -0.25) is 9.59 Å². The SMILES string of the molecule is CCCc1c(C(=O)NC(CN)c2ccc3ccccc3c2)[nH]c(C)c1C(C)=O.Cl. The zero-order chi connectivity index (χ0) is 20.3. The van der Waals surface area contributed by atoms with Crippen molar-refractivity contribution < 1.29 is 9.59 Å². The Morgan fingerprint density at radius 1 is 1.14 bits per heavy atom. The van der Waals surface area contributed by atoms with Crippen LogP contribution in [0.5, 0.6) is 0 Å². The fourth-order valence-corrected chi connectivity index (χ4v) is 3.78. The van der Waals surface area contributed by atoms with E-state index in [4.69, 9.17) is 5.73 Å². The van der Waals surface area contributed by atoms with Crippen molar-refractivity contribution in [3.05, 3.63) is 70.5 Å². The number of H-pyrrole nitrogens is 1. The van der Waals surface area contributed by atoms with Crippen molar-refractivity contribution >= 4 is 34.9 Å². The monoisotopic (exact) mass is 413 g/mol. The van der Waals surface area contributed by atoms with Crippen molar-refractivity contribution in [3.8, 4) is 0 Å². The van der Waals surface area contributed by atoms with Crippen LogP contribution in [0.3, 0.4) is 0 Å². The lowest BCUT2D eigenvalue weighted by Gasteiger charge is -2.18. The number of nitrogens with two attached hydrogens (primary N) is 1. The number of halogens is 1. The largest absolute Gasteiger partial charge is 0.354 e. The van der Waals surface area contributed by atoms with Gasteiger partial charge in [-0.25, -0.2) is 0 Å². The Kier molecular flexibility index (Phi) is 7.59. The normalized spacial score (nSPS) is 11.7. The molecule has 0 saturated heterocycles. The summed E-state index contributed by atoms with van der Waals surface area (Å²) in [7, 11) is 0. The molecule has 1 aromatic heterocycles. The summed E-state index contributed by atoms with van der Waals surface area (Å²) in [5.74, 6) is -0.260. The second kappa shape index (κ2) is 9.72. The van der Waals surface area contributed by atoms with Crippen LogP contribution in [0, 0.1) is 6.92 Å². The highest BCUT2D eigenvalue weighted by Gasteiger charge is 2.24. The molecule has 4 N–H and O–H groups in total. The summed E-state index contributed by atoms with van der Waals surface area (Å²) in [4.78, 5) is 28.2. The number of aromatic amines is 1. The number of hydrogen-bond acceptors (Lipinski definition) is 3. The molecule has 0 saturated carbocycles. The molecule has 1 heterocycles. The minimum absolute atomic E-state index is 0. The molecule has 2 aromatic carbocycles. The fourth-order valence-electron chi connectivity index (χ4n) is 3.78. The van der Waals surface area contributed by atoms with Gasteiger partial charge in [0, 0.05) is 17.8 Å². The van der Waals surface area contributed by atoms with E-state index in [9.17, 15) is 9.59 Å². The molecule has 154 valence electrons. The van der Waals surface area contributed by atoms with Gasteiger partial charge in [0.05, 0.1) is 6.04 Å². The molecule has 0 spiro atoms. The molecule has 0 radical (unpaired) electrons. The van der Waals surface area contributed by atoms with Crippen LogP contribution in [0.4, 0.5) is 0 Å². The number of aromatic nitrogens is 1. The highest BCUT2D eigenvalue weighted by atomic mass is 35.5. The maximum atomic E-state index is 13.0. The van der Waals surface area contributed by atoms with Gasteiger partial charge in [0.25, 0.3) is 5.91 Å². The van der Waals surface area contributed by atoms with Crippen LogP contribution in [-0.2, 0) is 6.42 Å². The highest BCUT2D eigenvalue weighted by Crippen LogP contribution is 2.24. The number of rotatable bonds is 7. The maximum Gasteiger partial charge on any atom is 0.268 e. The van der Waals surface area contributed by atoms with Crippen molar-refractivity contribution in [3.63, 3.8) is 0 Å². The molecule has 6 heteroatoms. The Hall–Kier alpha value is -2.63. The number of Topliss-reactive ketones (excluding diaryl/α,β-unsaturated/α-hetero) is 1. The third-order valence-electron chi connectivity index (χ3n) is 5.09. The second-order valence-corrected chi connectivity index (χ2v) is 7.15. The van der Waals surface area contributed by atoms with Gasteiger partial charge in [-0.05, 0) is 48.2 Å². The van der Waals surface area contributed by atoms with E-state index in [1.807, 2.05) is 44.2 Å². The lowest BCUT2D eigenvalue weighted by Crippen LogP contribution is -2.34. The lowest BCUT2D eigenvalue weighted by atomic mass is 9.99. The van der Waals surface area contributed by atoms with Crippen LogP contribution in [0.25, 0.3) is 10.8 Å². The first-order valence-electron chi connectivity index (χ1n) is 9.68. The summed E-state index contributed by atoms with van der Waals surface area (Å²) in [6, 6.07) is 13.9. The first kappa shape index (κ1) is 22.7. The summed E-state index contributed by atoms with van der Waals surface area (Å²) in [6.07, 6.45) is 1.52. The summed E-state index contributed by atoms with van der Waals surface area (Å²) >= 11 is 0. The molecular formula is C23H28ClN3O2. The Labute approximate surface area is 177 Å². The number of amides is 1. The van der Waals surface area contributed by atoms with Crippen LogP contribution in [0.15, 0.2) is 42.5 Å². The number of hydrogen-bond donors (Lipinski definition) is 3. The van der Waals surface area contributed by atoms with Gasteiger partial charge in [-0.15, -0.1) is 12.4 Å². The molecule has 29 heavy (non-hydrogen) atoms. The predicted octanol–water partition coefficient (Wildman–Crippen LogP) is 4.48. The van der Waals surface area contributed by atoms with Crippen LogP contribution in [-0.4, -0.2) is 23.2 Å². The Balaban J connectivity index is 0.00000300. The summed E-state index contributed by atoms with van der Waals surface area (Å²) in [6.45, 7) is 5.68. The van der Waals surface area contributed by atoms with E-state index in [1.165, 1.54) is 6.92 Å². The number of ketones is 1. The fraction of sp³-hybridized carbons (Fsp3) is 0.304. The van der Waals surface area contributed by atoms with E-state index in [0.717, 1.165) is 34.0 Å². The minimum Gasteiger partial charge on any atom is -0.354 e. The van der Waals surface area contributed by atoms with Crippen LogP contribution in [0.1, 0.15) is 64.0 Å². The van der Waals surface area contributed by atoms with E-state index in [1.54, 1.807) is 0 Å². The van der Waals surface area contributed by atoms with Gasteiger partial charge in [0.15, 0.2) is 5.78 Å². The molecule has 0 fully saturated rings. The molecule has 5 nitrogen and oxygen atoms in total. The molecule has 0 bridgehead atoms. The minimum atomic E-state index is -0.309. The van der Waals surface area contributed by atoms with Gasteiger partial charge < -0.3 is 16.0 Å². The number of carbonyl (C=O) groups is 2. The molecule has 1 atom stereocenters. The summed E-state index contributed by atoms with van der Waals surface area (Å²) < 4.78 is 0. The summed E-state index contributed by atoms with van der Waals surface area (Å²) in [5.41, 5.74) is 9.55. The van der Waals surface area contributed by atoms with Crippen LogP contribution >= 0.6 is 12.4 Å². The topological polar surface area (TPSA) is 88.0 Å². The second-order valence-electron chi connectivity index (χ2n) is 7.15. The first-order valence-corrected chi connectivity index (χ1v) is 9.68. The molecular weight excluding hydrogens is 386 g/mol. The first-order chi connectivity index (χ1) is 13.5. The zero-order valence-corrected chi connectivity index (χ0v) is 17.9. The quantitative estimate of drug-likeness (QED) is 0.499. The zero-order valence-electron chi connectivity index (χ0n) is 17.0. The number of carbonyl (C=O) groups excluding carboxylic acids is 2. The third kappa shape index (κ3) is 4.69. The molecule has 3 aromatic rings. The smallest absolute Gasteiger partial charge is 0.268 e. The Bertz CT molecular complexity index is 1030. The Morgan fingerprint density at radius 2 is 1.83 bits per heavy atom. The van der Waals surface area contributed by atoms with Crippen molar-refractivity contribution in [2.24, 2.45) is 5.73 Å². The number of fused-ring (bicyclic) bond motifs is 1. The third-order valence-corrected chi connectivity index (χ3v) is 5.09. The van der Waals surface area contributed by atoms with Crippen LogP contribution in [0.2, 0.25) is 0 Å². The maximum absolute atomic E-state index is 13.0. The number of nitrogens with one attached hydrogen (secondary N) is 2. The van der Waals surface area contributed by atoms with Gasteiger partial charge in [-0.1, -0.05) is 49.7 Å². The lowest BCUT2D eigenvalue weighted by molar-refractivity contribution is 0.0932. The van der Waals surface area contributed by atoms with Gasteiger partial charge >= 0.3 is 0 Å². The molecule has 0 aliphatic rings. The van der Waals surface area contributed by atoms with Crippen LogP contribution < -0.4 is 11.1 Å². The molecule has 0 aliphatic heterocycles. The van der Waals surface area contributed by atoms with Crippen molar-refractivity contribution in [2.45, 2.75) is 39.7 Å². The number of aryl methyl sites for hydroxylation is 1. The van der Waals surface area contributed by atoms with Gasteiger partial charge in [0.1, 0.15) is 5.69 Å². The van der Waals surface area contributed by atoms with Crippen molar-refractivity contribution in [1.82, 2.24) is 10.3 Å². The van der Waals surface area contributed by atoms with Crippen molar-refractivity contribution in [2.75, 3.05) is 6.54 Å². The highest BCUT2D eigenvalue weighted by molar-refractivity contribution is 6.02. The molecule has 3 rings (SSSR count). The van der Waals surface area contributed by atoms with E-state index in [0.29, 0.717) is 17.7 Å². The van der Waals surface area contributed by atoms with E-state index in [-0.39, 0.29) is 36.7 Å². The van der Waals surface area contributed by atoms with Gasteiger partial charge in [0.2, 0.25) is 0 Å². The molecule has 1 amide bonds. The number of benzene rings is 2. The Morgan fingerprint density at radius 3 is 2.45 bits per heavy atom. The summed E-state index contributed by atoms with van der Waals surface area (Å²) in [5, 5.41) is 5.28. The average Bonchev–Trinajstić information content (AvgIpc) is 3.02. The van der Waals surface area contributed by atoms with E-state index in [2.05, 4.69) is 22.4 Å². The van der Waals surface area contributed by atoms with Crippen molar-refractivity contribution in [1.29, 1.82) is 0 Å². The molecule has 1 unspecified atom stereocenters. The predicted molar refractivity (Wildman–Crippen MR) is 120 cm³/mol. The molecule has 0 aliphatic carbocycles. The van der Waals surface area contributed by atoms with E-state index >= 15 is 0 Å².